The van der Waals surface area contributed by atoms with Gasteiger partial charge in [0, 0.05) is 13.1 Å². The highest BCUT2D eigenvalue weighted by atomic mass is 32.2. The molecular formula is C13H25NO3S. The van der Waals surface area contributed by atoms with Gasteiger partial charge in [-0.2, -0.15) is 0 Å². The van der Waals surface area contributed by atoms with E-state index >= 15 is 0 Å². The Bertz CT molecular complexity index is 372. The molecule has 2 rings (SSSR count). The second-order valence-electron chi connectivity index (χ2n) is 6.03. The third-order valence-electron chi connectivity index (χ3n) is 4.25. The number of hydrogen-bond donors (Lipinski definition) is 0. The summed E-state index contributed by atoms with van der Waals surface area (Å²) in [7, 11) is -3.11. The van der Waals surface area contributed by atoms with Crippen molar-refractivity contribution in [3.63, 3.8) is 0 Å². The Balaban J connectivity index is 1.87. The first-order valence-electron chi connectivity index (χ1n) is 7.03. The summed E-state index contributed by atoms with van der Waals surface area (Å²) in [5, 5.41) is 0. The van der Waals surface area contributed by atoms with Gasteiger partial charge in [-0.1, -0.05) is 12.8 Å². The fourth-order valence-electron chi connectivity index (χ4n) is 3.18. The second-order valence-corrected chi connectivity index (χ2v) is 8.11. The van der Waals surface area contributed by atoms with Crippen molar-refractivity contribution in [1.82, 2.24) is 4.31 Å². The first-order chi connectivity index (χ1) is 8.44. The number of ether oxygens (including phenoxy) is 1. The first kappa shape index (κ1) is 14.3. The van der Waals surface area contributed by atoms with Crippen molar-refractivity contribution >= 4 is 10.0 Å². The van der Waals surface area contributed by atoms with Gasteiger partial charge in [-0.15, -0.1) is 0 Å². The zero-order valence-corrected chi connectivity index (χ0v) is 12.3. The molecular weight excluding hydrogens is 250 g/mol. The molecule has 0 aromatic heterocycles. The minimum atomic E-state index is -3.11. The Labute approximate surface area is 111 Å². The topological polar surface area (TPSA) is 46.6 Å². The molecule has 1 aliphatic carbocycles. The Hall–Kier alpha value is -0.130. The lowest BCUT2D eigenvalue weighted by atomic mass is 9.86. The lowest BCUT2D eigenvalue weighted by Crippen LogP contribution is -2.34. The molecule has 0 N–H and O–H groups in total. The highest BCUT2D eigenvalue weighted by Gasteiger charge is 2.43. The van der Waals surface area contributed by atoms with Gasteiger partial charge in [-0.05, 0) is 38.5 Å². The van der Waals surface area contributed by atoms with Crippen molar-refractivity contribution in [2.24, 2.45) is 5.41 Å². The molecule has 5 heteroatoms. The average Bonchev–Trinajstić information content (AvgIpc) is 2.89. The predicted octanol–water partition coefficient (Wildman–Crippen LogP) is 2.01. The van der Waals surface area contributed by atoms with E-state index in [9.17, 15) is 8.42 Å². The van der Waals surface area contributed by atoms with Gasteiger partial charge in [0.2, 0.25) is 10.0 Å². The molecule has 0 aromatic carbocycles. The van der Waals surface area contributed by atoms with Gasteiger partial charge < -0.3 is 4.74 Å². The molecule has 1 saturated carbocycles. The van der Waals surface area contributed by atoms with Crippen LogP contribution in [0.5, 0.6) is 0 Å². The van der Waals surface area contributed by atoms with Crippen LogP contribution in [-0.4, -0.2) is 44.3 Å². The fraction of sp³-hybridized carbons (Fsp3) is 1.00. The summed E-state index contributed by atoms with van der Waals surface area (Å²) in [6, 6.07) is 0. The smallest absolute Gasteiger partial charge is 0.216 e. The molecule has 1 aliphatic heterocycles. The molecule has 2 fully saturated rings. The summed E-state index contributed by atoms with van der Waals surface area (Å²) in [5.41, 5.74) is 0.311. The lowest BCUT2D eigenvalue weighted by Gasteiger charge is -2.23. The Morgan fingerprint density at radius 2 is 1.89 bits per heavy atom. The van der Waals surface area contributed by atoms with Crippen molar-refractivity contribution in [3.8, 4) is 0 Å². The van der Waals surface area contributed by atoms with Gasteiger partial charge in [0.1, 0.15) is 0 Å². The van der Waals surface area contributed by atoms with Crippen LogP contribution in [0.1, 0.15) is 46.0 Å². The van der Waals surface area contributed by atoms with Gasteiger partial charge in [0.15, 0.2) is 0 Å². The van der Waals surface area contributed by atoms with E-state index in [1.165, 1.54) is 25.7 Å². The van der Waals surface area contributed by atoms with E-state index in [4.69, 9.17) is 4.74 Å². The molecule has 2 aliphatic rings. The van der Waals surface area contributed by atoms with Crippen LogP contribution in [0.25, 0.3) is 0 Å². The van der Waals surface area contributed by atoms with Crippen molar-refractivity contribution < 1.29 is 13.2 Å². The summed E-state index contributed by atoms with van der Waals surface area (Å²) >= 11 is 0. The number of sulfonamides is 1. The molecule has 0 bridgehead atoms. The maximum absolute atomic E-state index is 12.2. The van der Waals surface area contributed by atoms with Crippen LogP contribution in [0.3, 0.4) is 0 Å². The summed E-state index contributed by atoms with van der Waals surface area (Å²) in [6.45, 7) is 5.62. The number of nitrogens with zero attached hydrogens (tertiary/aromatic N) is 1. The van der Waals surface area contributed by atoms with Crippen LogP contribution in [0, 0.1) is 5.41 Å². The minimum Gasteiger partial charge on any atom is -0.378 e. The van der Waals surface area contributed by atoms with Crippen LogP contribution in [0.2, 0.25) is 0 Å². The van der Waals surface area contributed by atoms with Crippen LogP contribution in [0.4, 0.5) is 0 Å². The highest BCUT2D eigenvalue weighted by molar-refractivity contribution is 7.89. The molecule has 106 valence electrons. The molecule has 18 heavy (non-hydrogen) atoms. The van der Waals surface area contributed by atoms with E-state index in [2.05, 4.69) is 0 Å². The van der Waals surface area contributed by atoms with Crippen molar-refractivity contribution in [1.29, 1.82) is 0 Å². The van der Waals surface area contributed by atoms with Gasteiger partial charge in [0.25, 0.3) is 0 Å². The predicted molar refractivity (Wildman–Crippen MR) is 72.0 cm³/mol. The van der Waals surface area contributed by atoms with Gasteiger partial charge in [0.05, 0.1) is 18.5 Å². The van der Waals surface area contributed by atoms with Crippen LogP contribution >= 0.6 is 0 Å². The summed E-state index contributed by atoms with van der Waals surface area (Å²) in [4.78, 5) is 0. The standard InChI is InChI=1S/C13H25NO3S/c1-12(2)17-9-10-18(15,16)14-8-7-13(11-14)5-3-4-6-13/h12H,3-11H2,1-2H3. The largest absolute Gasteiger partial charge is 0.378 e. The Kier molecular flexibility index (Phi) is 4.34. The molecule has 0 unspecified atom stereocenters. The quantitative estimate of drug-likeness (QED) is 0.771. The van der Waals surface area contributed by atoms with Crippen molar-refractivity contribution in [3.05, 3.63) is 0 Å². The molecule has 1 saturated heterocycles. The number of rotatable bonds is 5. The van der Waals surface area contributed by atoms with E-state index < -0.39 is 10.0 Å². The molecule has 1 heterocycles. The van der Waals surface area contributed by atoms with Gasteiger partial charge >= 0.3 is 0 Å². The molecule has 0 atom stereocenters. The van der Waals surface area contributed by atoms with E-state index in [-0.39, 0.29) is 11.9 Å². The van der Waals surface area contributed by atoms with Gasteiger partial charge in [-0.25, -0.2) is 12.7 Å². The van der Waals surface area contributed by atoms with Crippen molar-refractivity contribution in [2.75, 3.05) is 25.4 Å². The second kappa shape index (κ2) is 5.47. The third-order valence-corrected chi connectivity index (χ3v) is 6.03. The SMILES string of the molecule is CC(C)OCCS(=O)(=O)N1CCC2(CCCC2)C1. The highest BCUT2D eigenvalue weighted by Crippen LogP contribution is 2.45. The lowest BCUT2D eigenvalue weighted by molar-refractivity contribution is 0.0907. The molecule has 0 aromatic rings. The zero-order chi connectivity index (χ0) is 13.2. The van der Waals surface area contributed by atoms with E-state index in [1.807, 2.05) is 13.8 Å². The van der Waals surface area contributed by atoms with E-state index in [0.29, 0.717) is 18.6 Å². The molecule has 1 spiro atoms. The van der Waals surface area contributed by atoms with Crippen LogP contribution in [0.15, 0.2) is 0 Å². The first-order valence-corrected chi connectivity index (χ1v) is 8.64. The molecule has 0 amide bonds. The number of hydrogen-bond acceptors (Lipinski definition) is 3. The Morgan fingerprint density at radius 1 is 1.22 bits per heavy atom. The normalized spacial score (nSPS) is 24.4. The summed E-state index contributed by atoms with van der Waals surface area (Å²) in [6.07, 6.45) is 6.11. The van der Waals surface area contributed by atoms with E-state index in [0.717, 1.165) is 13.0 Å². The summed E-state index contributed by atoms with van der Waals surface area (Å²) < 4.78 is 31.4. The van der Waals surface area contributed by atoms with Crippen LogP contribution < -0.4 is 0 Å². The minimum absolute atomic E-state index is 0.0972. The summed E-state index contributed by atoms with van der Waals surface area (Å²) in [5.74, 6) is 0.126. The maximum Gasteiger partial charge on any atom is 0.216 e. The third kappa shape index (κ3) is 3.25. The van der Waals surface area contributed by atoms with Crippen molar-refractivity contribution in [2.45, 2.75) is 52.1 Å². The van der Waals surface area contributed by atoms with Gasteiger partial charge in [-0.3, -0.25) is 0 Å². The molecule has 0 radical (unpaired) electrons. The van der Waals surface area contributed by atoms with Crippen LogP contribution in [-0.2, 0) is 14.8 Å². The average molecular weight is 275 g/mol. The zero-order valence-electron chi connectivity index (χ0n) is 11.5. The Morgan fingerprint density at radius 3 is 2.50 bits per heavy atom. The fourth-order valence-corrected chi connectivity index (χ4v) is 4.59. The monoisotopic (exact) mass is 275 g/mol. The van der Waals surface area contributed by atoms with E-state index in [1.54, 1.807) is 4.31 Å². The molecule has 4 nitrogen and oxygen atoms in total. The maximum atomic E-state index is 12.2.